The van der Waals surface area contributed by atoms with E-state index in [1.807, 2.05) is 31.2 Å². The fourth-order valence-electron chi connectivity index (χ4n) is 1.57. The number of hydrogen-bond donors (Lipinski definition) is 0. The van der Waals surface area contributed by atoms with E-state index >= 15 is 0 Å². The molecule has 0 amide bonds. The summed E-state index contributed by atoms with van der Waals surface area (Å²) in [6.45, 7) is 2.07. The van der Waals surface area contributed by atoms with Crippen molar-refractivity contribution in [3.63, 3.8) is 0 Å². The standard InChI is InChI=1S/C11H12N2O3S/c1-9-2-3-11-10(8-9)4-5-13(12-11)6-7-17(14,15)16/h2-5,8H,6-7H2,1H3. The first-order valence-electron chi connectivity index (χ1n) is 5.15. The Kier molecular flexibility index (Phi) is 3.08. The summed E-state index contributed by atoms with van der Waals surface area (Å²) in [6.07, 6.45) is 1.67. The van der Waals surface area contributed by atoms with Crippen molar-refractivity contribution in [2.75, 3.05) is 5.75 Å². The Morgan fingerprint density at radius 1 is 1.35 bits per heavy atom. The van der Waals surface area contributed by atoms with Crippen LogP contribution in [0.4, 0.5) is 0 Å². The summed E-state index contributed by atoms with van der Waals surface area (Å²) in [7, 11) is -4.19. The highest BCUT2D eigenvalue weighted by Crippen LogP contribution is 2.10. The van der Waals surface area contributed by atoms with E-state index < -0.39 is 15.9 Å². The summed E-state index contributed by atoms with van der Waals surface area (Å²) in [5, 5.41) is 5.22. The number of benzene rings is 1. The lowest BCUT2D eigenvalue weighted by Gasteiger charge is -2.02. The van der Waals surface area contributed by atoms with Crippen molar-refractivity contribution in [2.45, 2.75) is 13.5 Å². The maximum absolute atomic E-state index is 10.5. The highest BCUT2D eigenvalue weighted by molar-refractivity contribution is 7.85. The number of hydrogen-bond acceptors (Lipinski definition) is 4. The average molecular weight is 252 g/mol. The Hall–Kier alpha value is -1.53. The topological polar surface area (TPSA) is 74.0 Å². The normalized spacial score (nSPS) is 11.9. The van der Waals surface area contributed by atoms with E-state index in [1.165, 1.54) is 4.68 Å². The van der Waals surface area contributed by atoms with Crippen LogP contribution in [0.15, 0.2) is 30.5 Å². The molecule has 0 saturated heterocycles. The van der Waals surface area contributed by atoms with Gasteiger partial charge in [0.25, 0.3) is 0 Å². The third-order valence-corrected chi connectivity index (χ3v) is 3.10. The number of nitrogens with zero attached hydrogens (tertiary/aromatic N) is 2. The van der Waals surface area contributed by atoms with Crippen molar-refractivity contribution in [3.05, 3.63) is 36.0 Å². The third kappa shape index (κ3) is 3.21. The van der Waals surface area contributed by atoms with Gasteiger partial charge in [-0.3, -0.25) is 0 Å². The highest BCUT2D eigenvalue weighted by atomic mass is 32.2. The maximum Gasteiger partial charge on any atom is 0.196 e. The molecule has 1 aromatic heterocycles. The fraction of sp³-hybridized carbons (Fsp3) is 0.273. The molecular formula is C11H12N2O3S. The predicted molar refractivity (Wildman–Crippen MR) is 61.2 cm³/mol. The summed E-state index contributed by atoms with van der Waals surface area (Å²) >= 11 is 0. The molecular weight excluding hydrogens is 240 g/mol. The first kappa shape index (κ1) is 11.9. The molecule has 5 nitrogen and oxygen atoms in total. The lowest BCUT2D eigenvalue weighted by molar-refractivity contribution is -0.747. The van der Waals surface area contributed by atoms with Gasteiger partial charge < -0.3 is 4.55 Å². The minimum Gasteiger partial charge on any atom is -0.748 e. The second-order valence-electron chi connectivity index (χ2n) is 3.90. The summed E-state index contributed by atoms with van der Waals surface area (Å²) < 4.78 is 33.0. The van der Waals surface area contributed by atoms with Crippen LogP contribution in [0.5, 0.6) is 0 Å². The molecule has 6 heteroatoms. The largest absolute Gasteiger partial charge is 0.748 e. The van der Waals surface area contributed by atoms with Gasteiger partial charge in [-0.2, -0.15) is 0 Å². The summed E-state index contributed by atoms with van der Waals surface area (Å²) in [6, 6.07) is 7.65. The van der Waals surface area contributed by atoms with Gasteiger partial charge in [0.1, 0.15) is 15.6 Å². The van der Waals surface area contributed by atoms with Crippen molar-refractivity contribution in [1.82, 2.24) is 5.10 Å². The van der Waals surface area contributed by atoms with E-state index in [9.17, 15) is 13.0 Å². The molecule has 0 saturated carbocycles. The summed E-state index contributed by atoms with van der Waals surface area (Å²) in [5.41, 5.74) is 1.92. The Labute approximate surface area is 99.5 Å². The van der Waals surface area contributed by atoms with Crippen LogP contribution in [0.25, 0.3) is 10.9 Å². The molecule has 0 bridgehead atoms. The van der Waals surface area contributed by atoms with Crippen LogP contribution in [-0.2, 0) is 16.7 Å². The Bertz CT molecular complexity index is 653. The predicted octanol–water partition coefficient (Wildman–Crippen LogP) is 0.376. The van der Waals surface area contributed by atoms with Gasteiger partial charge in [-0.15, -0.1) is 0 Å². The van der Waals surface area contributed by atoms with E-state index in [-0.39, 0.29) is 6.54 Å². The van der Waals surface area contributed by atoms with Crippen molar-refractivity contribution >= 4 is 21.0 Å². The fourth-order valence-corrected chi connectivity index (χ4v) is 1.98. The zero-order chi connectivity index (χ0) is 12.5. The zero-order valence-electron chi connectivity index (χ0n) is 9.33. The van der Waals surface area contributed by atoms with E-state index in [0.29, 0.717) is 0 Å². The molecule has 0 aliphatic heterocycles. The number of aromatic nitrogens is 2. The van der Waals surface area contributed by atoms with Crippen molar-refractivity contribution in [3.8, 4) is 0 Å². The van der Waals surface area contributed by atoms with Crippen LogP contribution in [0.3, 0.4) is 0 Å². The highest BCUT2D eigenvalue weighted by Gasteiger charge is 2.07. The molecule has 1 heterocycles. The molecule has 0 fully saturated rings. The van der Waals surface area contributed by atoms with Gasteiger partial charge in [-0.05, 0) is 19.1 Å². The van der Waals surface area contributed by atoms with Crippen LogP contribution in [0.2, 0.25) is 0 Å². The quantitative estimate of drug-likeness (QED) is 0.584. The first-order valence-corrected chi connectivity index (χ1v) is 6.72. The molecule has 0 radical (unpaired) electrons. The molecule has 2 rings (SSSR count). The van der Waals surface area contributed by atoms with Gasteiger partial charge in [-0.25, -0.2) is 8.42 Å². The molecule has 0 aliphatic rings. The molecule has 0 unspecified atom stereocenters. The zero-order valence-corrected chi connectivity index (χ0v) is 10.1. The average Bonchev–Trinajstić information content (AvgIpc) is 2.25. The van der Waals surface area contributed by atoms with Crippen LogP contribution in [0, 0.1) is 6.92 Å². The summed E-state index contributed by atoms with van der Waals surface area (Å²) in [5.74, 6) is -0.442. The second-order valence-corrected chi connectivity index (χ2v) is 5.43. The minimum atomic E-state index is -4.19. The van der Waals surface area contributed by atoms with Gasteiger partial charge in [0.2, 0.25) is 0 Å². The van der Waals surface area contributed by atoms with Gasteiger partial charge in [0, 0.05) is 16.6 Å². The second kappa shape index (κ2) is 4.38. The van der Waals surface area contributed by atoms with Gasteiger partial charge in [0.15, 0.2) is 12.7 Å². The number of aryl methyl sites for hydroxylation is 2. The molecule has 1 aromatic carbocycles. The van der Waals surface area contributed by atoms with E-state index in [0.717, 1.165) is 16.5 Å². The lowest BCUT2D eigenvalue weighted by atomic mass is 10.2. The molecule has 0 aliphatic carbocycles. The van der Waals surface area contributed by atoms with Crippen LogP contribution < -0.4 is 4.68 Å². The molecule has 0 spiro atoms. The number of fused-ring (bicyclic) bond motifs is 1. The Morgan fingerprint density at radius 2 is 2.12 bits per heavy atom. The van der Waals surface area contributed by atoms with Crippen LogP contribution in [-0.4, -0.2) is 23.8 Å². The SMILES string of the molecule is Cc1ccc2n[n+](CCS(=O)(=O)[O-])ccc2c1. The van der Waals surface area contributed by atoms with E-state index in [4.69, 9.17) is 0 Å². The molecule has 90 valence electrons. The van der Waals surface area contributed by atoms with Gasteiger partial charge in [0.05, 0.1) is 5.75 Å². The van der Waals surface area contributed by atoms with E-state index in [2.05, 4.69) is 5.10 Å². The van der Waals surface area contributed by atoms with Crippen molar-refractivity contribution < 1.29 is 17.7 Å². The Balaban J connectivity index is 2.29. The summed E-state index contributed by atoms with van der Waals surface area (Å²) in [4.78, 5) is 0. The Morgan fingerprint density at radius 3 is 2.82 bits per heavy atom. The smallest absolute Gasteiger partial charge is 0.196 e. The van der Waals surface area contributed by atoms with E-state index in [1.54, 1.807) is 6.20 Å². The van der Waals surface area contributed by atoms with Gasteiger partial charge >= 0.3 is 0 Å². The molecule has 0 atom stereocenters. The monoisotopic (exact) mass is 252 g/mol. The molecule has 2 aromatic rings. The molecule has 17 heavy (non-hydrogen) atoms. The third-order valence-electron chi connectivity index (χ3n) is 2.42. The molecule has 0 N–H and O–H groups in total. The van der Waals surface area contributed by atoms with Crippen LogP contribution in [0.1, 0.15) is 5.56 Å². The maximum atomic E-state index is 10.5. The van der Waals surface area contributed by atoms with Gasteiger partial charge in [-0.1, -0.05) is 16.3 Å². The first-order chi connectivity index (χ1) is 7.94. The van der Waals surface area contributed by atoms with Crippen molar-refractivity contribution in [2.24, 2.45) is 0 Å². The number of rotatable bonds is 3. The minimum absolute atomic E-state index is 0.0790. The lowest BCUT2D eigenvalue weighted by Crippen LogP contribution is -2.40. The van der Waals surface area contributed by atoms with Crippen molar-refractivity contribution in [1.29, 1.82) is 0 Å². The van der Waals surface area contributed by atoms with Crippen LogP contribution >= 0.6 is 0 Å².